The fourth-order valence-corrected chi connectivity index (χ4v) is 1.84. The molecule has 0 saturated carbocycles. The molecule has 1 N–H and O–H groups in total. The molecule has 4 heteroatoms. The topological polar surface area (TPSA) is 42.7 Å². The molecule has 0 saturated heterocycles. The molecule has 0 amide bonds. The van der Waals surface area contributed by atoms with Crippen molar-refractivity contribution in [3.63, 3.8) is 0 Å². The Bertz CT molecular complexity index is 502. The third kappa shape index (κ3) is 2.53. The summed E-state index contributed by atoms with van der Waals surface area (Å²) >= 11 is 0. The number of nitrogens with one attached hydrogen (secondary N) is 1. The molecular weight excluding hydrogens is 212 g/mol. The SMILES string of the molecule is CNCCc1nc(-c2ccccc2C)n(C)n1. The molecule has 1 heterocycles. The molecule has 17 heavy (non-hydrogen) atoms. The Labute approximate surface area is 102 Å². The van der Waals surface area contributed by atoms with Crippen molar-refractivity contribution in [1.29, 1.82) is 0 Å². The van der Waals surface area contributed by atoms with Crippen molar-refractivity contribution in [2.24, 2.45) is 7.05 Å². The summed E-state index contributed by atoms with van der Waals surface area (Å²) in [5.41, 5.74) is 2.38. The minimum absolute atomic E-state index is 0.857. The monoisotopic (exact) mass is 230 g/mol. The van der Waals surface area contributed by atoms with E-state index < -0.39 is 0 Å². The first-order valence-electron chi connectivity index (χ1n) is 5.83. The van der Waals surface area contributed by atoms with Crippen LogP contribution in [0.3, 0.4) is 0 Å². The first kappa shape index (κ1) is 11.8. The van der Waals surface area contributed by atoms with Gasteiger partial charge in [-0.15, -0.1) is 0 Å². The zero-order valence-electron chi connectivity index (χ0n) is 10.6. The van der Waals surface area contributed by atoms with E-state index in [1.807, 2.05) is 30.9 Å². The lowest BCUT2D eigenvalue weighted by Crippen LogP contribution is -2.11. The van der Waals surface area contributed by atoms with Crippen molar-refractivity contribution in [3.8, 4) is 11.4 Å². The van der Waals surface area contributed by atoms with Gasteiger partial charge in [0, 0.05) is 25.6 Å². The van der Waals surface area contributed by atoms with Crippen LogP contribution in [0, 0.1) is 6.92 Å². The highest BCUT2D eigenvalue weighted by Gasteiger charge is 2.10. The van der Waals surface area contributed by atoms with Crippen LogP contribution >= 0.6 is 0 Å². The van der Waals surface area contributed by atoms with Crippen molar-refractivity contribution in [2.75, 3.05) is 13.6 Å². The summed E-state index contributed by atoms with van der Waals surface area (Å²) in [6.45, 7) is 2.99. The van der Waals surface area contributed by atoms with Gasteiger partial charge in [-0.25, -0.2) is 9.67 Å². The molecule has 0 aliphatic rings. The first-order chi connectivity index (χ1) is 8.22. The average Bonchev–Trinajstić information content (AvgIpc) is 2.68. The van der Waals surface area contributed by atoms with Gasteiger partial charge in [0.2, 0.25) is 0 Å². The maximum atomic E-state index is 4.59. The lowest BCUT2D eigenvalue weighted by Gasteiger charge is -2.03. The van der Waals surface area contributed by atoms with E-state index in [1.54, 1.807) is 0 Å². The molecule has 0 radical (unpaired) electrons. The van der Waals surface area contributed by atoms with Crippen LogP contribution in [0.1, 0.15) is 11.4 Å². The summed E-state index contributed by atoms with van der Waals surface area (Å²) in [4.78, 5) is 4.59. The summed E-state index contributed by atoms with van der Waals surface area (Å²) in [5.74, 6) is 1.83. The van der Waals surface area contributed by atoms with Crippen LogP contribution in [0.15, 0.2) is 24.3 Å². The third-order valence-electron chi connectivity index (χ3n) is 2.79. The Morgan fingerprint density at radius 1 is 1.29 bits per heavy atom. The second-order valence-corrected chi connectivity index (χ2v) is 4.14. The van der Waals surface area contributed by atoms with E-state index in [4.69, 9.17) is 0 Å². The molecule has 0 bridgehead atoms. The highest BCUT2D eigenvalue weighted by atomic mass is 15.3. The van der Waals surface area contributed by atoms with Crippen molar-refractivity contribution < 1.29 is 0 Å². The highest BCUT2D eigenvalue weighted by Crippen LogP contribution is 2.20. The predicted molar refractivity (Wildman–Crippen MR) is 68.8 cm³/mol. The second-order valence-electron chi connectivity index (χ2n) is 4.14. The summed E-state index contributed by atoms with van der Waals surface area (Å²) in [7, 11) is 3.88. The van der Waals surface area contributed by atoms with Crippen molar-refractivity contribution in [2.45, 2.75) is 13.3 Å². The minimum atomic E-state index is 0.857. The van der Waals surface area contributed by atoms with E-state index in [-0.39, 0.29) is 0 Å². The second kappa shape index (κ2) is 5.10. The van der Waals surface area contributed by atoms with Gasteiger partial charge in [0.25, 0.3) is 0 Å². The van der Waals surface area contributed by atoms with Crippen molar-refractivity contribution in [3.05, 3.63) is 35.7 Å². The maximum Gasteiger partial charge on any atom is 0.158 e. The van der Waals surface area contributed by atoms with Crippen LogP contribution in [0.2, 0.25) is 0 Å². The predicted octanol–water partition coefficient (Wildman–Crippen LogP) is 1.55. The molecule has 2 rings (SSSR count). The van der Waals surface area contributed by atoms with Gasteiger partial charge in [0.1, 0.15) is 0 Å². The number of hydrogen-bond donors (Lipinski definition) is 1. The molecule has 1 aromatic heterocycles. The smallest absolute Gasteiger partial charge is 0.158 e. The summed E-state index contributed by atoms with van der Waals surface area (Å²) in [6, 6.07) is 8.25. The van der Waals surface area contributed by atoms with E-state index in [2.05, 4.69) is 34.5 Å². The molecule has 0 unspecified atom stereocenters. The molecule has 2 aromatic rings. The Morgan fingerprint density at radius 2 is 2.06 bits per heavy atom. The molecule has 0 aliphatic heterocycles. The molecule has 4 nitrogen and oxygen atoms in total. The van der Waals surface area contributed by atoms with Crippen LogP contribution in [0.4, 0.5) is 0 Å². The molecule has 90 valence electrons. The zero-order valence-corrected chi connectivity index (χ0v) is 10.6. The van der Waals surface area contributed by atoms with Gasteiger partial charge in [-0.2, -0.15) is 5.10 Å². The highest BCUT2D eigenvalue weighted by molar-refractivity contribution is 5.59. The molecule has 1 aromatic carbocycles. The third-order valence-corrected chi connectivity index (χ3v) is 2.79. The maximum absolute atomic E-state index is 4.59. The van der Waals surface area contributed by atoms with Gasteiger partial charge in [0.15, 0.2) is 11.6 Å². The van der Waals surface area contributed by atoms with Gasteiger partial charge < -0.3 is 5.32 Å². The quantitative estimate of drug-likeness (QED) is 0.866. The molecular formula is C13H18N4. The number of hydrogen-bond acceptors (Lipinski definition) is 3. The number of aromatic nitrogens is 3. The molecule has 0 atom stereocenters. The summed E-state index contributed by atoms with van der Waals surface area (Å²) < 4.78 is 1.85. The number of likely N-dealkylation sites (N-methyl/N-ethyl adjacent to an activating group) is 1. The van der Waals surface area contributed by atoms with Crippen LogP contribution in [0.5, 0.6) is 0 Å². The van der Waals surface area contributed by atoms with Gasteiger partial charge >= 0.3 is 0 Å². The van der Waals surface area contributed by atoms with E-state index in [0.29, 0.717) is 0 Å². The fourth-order valence-electron chi connectivity index (χ4n) is 1.84. The van der Waals surface area contributed by atoms with Gasteiger partial charge in [-0.05, 0) is 19.5 Å². The number of nitrogens with zero attached hydrogens (tertiary/aromatic N) is 3. The van der Waals surface area contributed by atoms with Gasteiger partial charge in [-0.3, -0.25) is 0 Å². The zero-order chi connectivity index (χ0) is 12.3. The standard InChI is InChI=1S/C13H18N4/c1-10-6-4-5-7-11(10)13-15-12(8-9-14-2)16-17(13)3/h4-7,14H,8-9H2,1-3H3. The van der Waals surface area contributed by atoms with Crippen molar-refractivity contribution in [1.82, 2.24) is 20.1 Å². The van der Waals surface area contributed by atoms with E-state index in [0.717, 1.165) is 30.2 Å². The lowest BCUT2D eigenvalue weighted by molar-refractivity contribution is 0.717. The lowest BCUT2D eigenvalue weighted by atomic mass is 10.1. The Morgan fingerprint density at radius 3 is 2.76 bits per heavy atom. The number of rotatable bonds is 4. The van der Waals surface area contributed by atoms with E-state index >= 15 is 0 Å². The van der Waals surface area contributed by atoms with Crippen LogP contribution in [-0.2, 0) is 13.5 Å². The van der Waals surface area contributed by atoms with Crippen molar-refractivity contribution >= 4 is 0 Å². The van der Waals surface area contributed by atoms with Crippen LogP contribution < -0.4 is 5.32 Å². The van der Waals surface area contributed by atoms with E-state index in [1.165, 1.54) is 5.56 Å². The van der Waals surface area contributed by atoms with Gasteiger partial charge in [0.05, 0.1) is 0 Å². The van der Waals surface area contributed by atoms with E-state index in [9.17, 15) is 0 Å². The Hall–Kier alpha value is -1.68. The van der Waals surface area contributed by atoms with Gasteiger partial charge in [-0.1, -0.05) is 24.3 Å². The fraction of sp³-hybridized carbons (Fsp3) is 0.385. The molecule has 0 aliphatic carbocycles. The van der Waals surface area contributed by atoms with Crippen LogP contribution in [-0.4, -0.2) is 28.4 Å². The molecule has 0 fully saturated rings. The Kier molecular flexibility index (Phi) is 3.54. The average molecular weight is 230 g/mol. The molecule has 0 spiro atoms. The number of benzene rings is 1. The largest absolute Gasteiger partial charge is 0.319 e. The summed E-state index contributed by atoms with van der Waals surface area (Å²) in [5, 5.41) is 7.54. The normalized spacial score (nSPS) is 10.8. The summed E-state index contributed by atoms with van der Waals surface area (Å²) in [6.07, 6.45) is 0.857. The number of aryl methyl sites for hydroxylation is 2. The Balaban J connectivity index is 2.33. The van der Waals surface area contributed by atoms with Crippen LogP contribution in [0.25, 0.3) is 11.4 Å². The minimum Gasteiger partial charge on any atom is -0.319 e. The first-order valence-corrected chi connectivity index (χ1v) is 5.83.